The van der Waals surface area contributed by atoms with Crippen LogP contribution in [0.4, 0.5) is 4.39 Å². The maximum atomic E-state index is 13.7. The van der Waals surface area contributed by atoms with E-state index in [1.807, 2.05) is 37.3 Å². The molecule has 1 N–H and O–H groups in total. The fraction of sp³-hybridized carbons (Fsp3) is 0.250. The highest BCUT2D eigenvalue weighted by molar-refractivity contribution is 5.22. The Morgan fingerprint density at radius 1 is 0.833 bits per heavy atom. The molecule has 2 rings (SSSR count). The van der Waals surface area contributed by atoms with Crippen molar-refractivity contribution in [2.45, 2.75) is 25.9 Å². The van der Waals surface area contributed by atoms with Gasteiger partial charge in [0.05, 0.1) is 0 Å². The van der Waals surface area contributed by atoms with Gasteiger partial charge >= 0.3 is 0 Å². The van der Waals surface area contributed by atoms with Crippen LogP contribution >= 0.6 is 0 Å². The summed E-state index contributed by atoms with van der Waals surface area (Å²) in [6.07, 6.45) is 0. The van der Waals surface area contributed by atoms with Crippen molar-refractivity contribution in [2.24, 2.45) is 0 Å². The number of halogens is 1. The molecular weight excluding hydrogens is 225 g/mol. The molecule has 0 amide bonds. The van der Waals surface area contributed by atoms with Crippen molar-refractivity contribution >= 4 is 0 Å². The van der Waals surface area contributed by atoms with Gasteiger partial charge < -0.3 is 5.32 Å². The second kappa shape index (κ2) is 5.78. The van der Waals surface area contributed by atoms with E-state index in [0.717, 1.165) is 0 Å². The molecule has 0 heterocycles. The van der Waals surface area contributed by atoms with E-state index < -0.39 is 0 Å². The molecule has 0 saturated carbocycles. The summed E-state index contributed by atoms with van der Waals surface area (Å²) < 4.78 is 13.7. The third-order valence-corrected chi connectivity index (χ3v) is 3.17. The lowest BCUT2D eigenvalue weighted by molar-refractivity contribution is 0.474. The van der Waals surface area contributed by atoms with Crippen LogP contribution in [0.15, 0.2) is 54.6 Å². The molecule has 0 fully saturated rings. The molecule has 0 aliphatic rings. The predicted octanol–water partition coefficient (Wildman–Crippen LogP) is 4.24. The summed E-state index contributed by atoms with van der Waals surface area (Å²) in [5, 5.41) is 3.41. The number of rotatable bonds is 4. The fourth-order valence-electron chi connectivity index (χ4n) is 2.13. The molecule has 0 bridgehead atoms. The van der Waals surface area contributed by atoms with Crippen LogP contribution in [0.3, 0.4) is 0 Å². The number of hydrogen-bond acceptors (Lipinski definition) is 1. The Kier molecular flexibility index (Phi) is 4.11. The zero-order valence-electron chi connectivity index (χ0n) is 10.7. The Hall–Kier alpha value is -1.67. The van der Waals surface area contributed by atoms with Gasteiger partial charge in [-0.25, -0.2) is 4.39 Å². The first-order valence-corrected chi connectivity index (χ1v) is 6.24. The smallest absolute Gasteiger partial charge is 0.127 e. The molecule has 94 valence electrons. The first-order valence-electron chi connectivity index (χ1n) is 6.24. The topological polar surface area (TPSA) is 12.0 Å². The maximum absolute atomic E-state index is 13.7. The minimum Gasteiger partial charge on any atom is -0.304 e. The predicted molar refractivity (Wildman–Crippen MR) is 72.8 cm³/mol. The third-order valence-electron chi connectivity index (χ3n) is 3.17. The number of hydrogen-bond donors (Lipinski definition) is 1. The largest absolute Gasteiger partial charge is 0.304 e. The van der Waals surface area contributed by atoms with Crippen molar-refractivity contribution in [2.75, 3.05) is 0 Å². The number of benzene rings is 2. The lowest BCUT2D eigenvalue weighted by Crippen LogP contribution is -2.23. The van der Waals surface area contributed by atoms with Crippen LogP contribution < -0.4 is 5.32 Å². The van der Waals surface area contributed by atoms with Crippen molar-refractivity contribution in [3.63, 3.8) is 0 Å². The summed E-state index contributed by atoms with van der Waals surface area (Å²) in [5.41, 5.74) is 1.92. The average Bonchev–Trinajstić information content (AvgIpc) is 2.40. The Labute approximate surface area is 108 Å². The zero-order chi connectivity index (χ0) is 13.0. The van der Waals surface area contributed by atoms with E-state index in [1.54, 1.807) is 6.07 Å². The second-order valence-electron chi connectivity index (χ2n) is 4.54. The van der Waals surface area contributed by atoms with Gasteiger partial charge in [0.15, 0.2) is 0 Å². The van der Waals surface area contributed by atoms with Crippen molar-refractivity contribution < 1.29 is 4.39 Å². The van der Waals surface area contributed by atoms with Crippen LogP contribution in [-0.4, -0.2) is 0 Å². The highest BCUT2D eigenvalue weighted by Crippen LogP contribution is 2.21. The molecular formula is C16H18FN. The minimum absolute atomic E-state index is 0.0126. The molecule has 2 aromatic carbocycles. The molecule has 18 heavy (non-hydrogen) atoms. The van der Waals surface area contributed by atoms with Crippen LogP contribution in [0.25, 0.3) is 0 Å². The van der Waals surface area contributed by atoms with Crippen molar-refractivity contribution in [1.29, 1.82) is 0 Å². The fourth-order valence-corrected chi connectivity index (χ4v) is 2.13. The van der Waals surface area contributed by atoms with E-state index in [0.29, 0.717) is 5.56 Å². The molecule has 0 spiro atoms. The van der Waals surface area contributed by atoms with Crippen LogP contribution in [0.1, 0.15) is 37.1 Å². The summed E-state index contributed by atoms with van der Waals surface area (Å²) >= 11 is 0. The summed E-state index contributed by atoms with van der Waals surface area (Å²) in [5.74, 6) is -0.155. The van der Waals surface area contributed by atoms with Gasteiger partial charge in [0.2, 0.25) is 0 Å². The standard InChI is InChI=1S/C16H18FN/c1-12(14-8-4-3-5-9-14)18-13(2)15-10-6-7-11-16(15)17/h3-13,18H,1-2H3/t12-,13?/m1/s1. The van der Waals surface area contributed by atoms with Crippen molar-refractivity contribution in [3.05, 3.63) is 71.5 Å². The normalized spacial score (nSPS) is 14.2. The van der Waals surface area contributed by atoms with Crippen LogP contribution in [-0.2, 0) is 0 Å². The zero-order valence-corrected chi connectivity index (χ0v) is 10.7. The van der Waals surface area contributed by atoms with Gasteiger partial charge in [0, 0.05) is 17.6 Å². The van der Waals surface area contributed by atoms with Crippen LogP contribution in [0.5, 0.6) is 0 Å². The third kappa shape index (κ3) is 2.96. The first-order chi connectivity index (χ1) is 8.68. The quantitative estimate of drug-likeness (QED) is 0.847. The molecule has 2 atom stereocenters. The average molecular weight is 243 g/mol. The van der Waals surface area contributed by atoms with E-state index in [2.05, 4.69) is 24.4 Å². The Bertz CT molecular complexity index is 495. The van der Waals surface area contributed by atoms with Gasteiger partial charge in [-0.3, -0.25) is 0 Å². The first kappa shape index (κ1) is 12.8. The van der Waals surface area contributed by atoms with Crippen molar-refractivity contribution in [3.8, 4) is 0 Å². The van der Waals surface area contributed by atoms with Gasteiger partial charge in [-0.05, 0) is 25.5 Å². The second-order valence-corrected chi connectivity index (χ2v) is 4.54. The Morgan fingerprint density at radius 2 is 1.44 bits per heavy atom. The van der Waals surface area contributed by atoms with Gasteiger partial charge in [0.1, 0.15) is 5.82 Å². The van der Waals surface area contributed by atoms with Gasteiger partial charge in [0.25, 0.3) is 0 Å². The van der Waals surface area contributed by atoms with E-state index in [9.17, 15) is 4.39 Å². The monoisotopic (exact) mass is 243 g/mol. The molecule has 0 saturated heterocycles. The molecule has 0 aromatic heterocycles. The van der Waals surface area contributed by atoms with Crippen LogP contribution in [0.2, 0.25) is 0 Å². The highest BCUT2D eigenvalue weighted by Gasteiger charge is 2.13. The van der Waals surface area contributed by atoms with E-state index >= 15 is 0 Å². The molecule has 0 aliphatic heterocycles. The van der Waals surface area contributed by atoms with Crippen molar-refractivity contribution in [1.82, 2.24) is 5.32 Å². The van der Waals surface area contributed by atoms with Gasteiger partial charge in [-0.2, -0.15) is 0 Å². The number of nitrogens with one attached hydrogen (secondary N) is 1. The lowest BCUT2D eigenvalue weighted by Gasteiger charge is -2.21. The summed E-state index contributed by atoms with van der Waals surface area (Å²) in [4.78, 5) is 0. The van der Waals surface area contributed by atoms with E-state index in [1.165, 1.54) is 11.6 Å². The summed E-state index contributed by atoms with van der Waals surface area (Å²) in [6.45, 7) is 4.07. The van der Waals surface area contributed by atoms with E-state index in [4.69, 9.17) is 0 Å². The lowest BCUT2D eigenvalue weighted by atomic mass is 10.0. The highest BCUT2D eigenvalue weighted by atomic mass is 19.1. The maximum Gasteiger partial charge on any atom is 0.127 e. The summed E-state index contributed by atoms with van der Waals surface area (Å²) in [6, 6.07) is 17.3. The molecule has 0 radical (unpaired) electrons. The molecule has 1 unspecified atom stereocenters. The molecule has 1 nitrogen and oxygen atoms in total. The Morgan fingerprint density at radius 3 is 2.11 bits per heavy atom. The Balaban J connectivity index is 2.08. The summed E-state index contributed by atoms with van der Waals surface area (Å²) in [7, 11) is 0. The van der Waals surface area contributed by atoms with Gasteiger partial charge in [-0.15, -0.1) is 0 Å². The minimum atomic E-state index is -0.155. The van der Waals surface area contributed by atoms with Gasteiger partial charge in [-0.1, -0.05) is 48.5 Å². The van der Waals surface area contributed by atoms with E-state index in [-0.39, 0.29) is 17.9 Å². The van der Waals surface area contributed by atoms with Crippen LogP contribution in [0, 0.1) is 5.82 Å². The molecule has 0 aliphatic carbocycles. The molecule has 2 aromatic rings. The SMILES string of the molecule is CC(N[C@H](C)c1ccccc1)c1ccccc1F. The molecule has 2 heteroatoms.